The van der Waals surface area contributed by atoms with Gasteiger partial charge in [-0.25, -0.2) is 4.98 Å². The third-order valence-electron chi connectivity index (χ3n) is 5.07. The van der Waals surface area contributed by atoms with Crippen molar-refractivity contribution in [3.8, 4) is 5.75 Å². The van der Waals surface area contributed by atoms with Gasteiger partial charge in [0.05, 0.1) is 17.1 Å². The number of nitrogens with zero attached hydrogens (tertiary/aromatic N) is 3. The van der Waals surface area contributed by atoms with Gasteiger partial charge in [0, 0.05) is 26.7 Å². The molecule has 0 bridgehead atoms. The van der Waals surface area contributed by atoms with Crippen LogP contribution in [0, 0.1) is 0 Å². The van der Waals surface area contributed by atoms with Crippen molar-refractivity contribution in [2.45, 2.75) is 19.8 Å². The number of hydrogen-bond donors (Lipinski definition) is 1. The molecule has 4 aromatic rings. The first-order chi connectivity index (χ1) is 16.8. The molecule has 178 valence electrons. The third kappa shape index (κ3) is 5.96. The van der Waals surface area contributed by atoms with Crippen LogP contribution in [0.15, 0.2) is 81.1 Å². The SMILES string of the molecule is CC(C)c1nc2ccc(Br)cc2c(=O)n1N=Cc1ccccc1OCC(=O)Nc1ccc(Cl)cc1. The normalized spacial score (nSPS) is 11.3. The van der Waals surface area contributed by atoms with Gasteiger partial charge in [-0.2, -0.15) is 9.78 Å². The summed E-state index contributed by atoms with van der Waals surface area (Å²) < 4.78 is 7.83. The van der Waals surface area contributed by atoms with E-state index in [2.05, 4.69) is 31.3 Å². The molecule has 1 heterocycles. The van der Waals surface area contributed by atoms with Crippen molar-refractivity contribution >= 4 is 56.2 Å². The quantitative estimate of drug-likeness (QED) is 0.292. The minimum Gasteiger partial charge on any atom is -0.483 e. The highest BCUT2D eigenvalue weighted by Crippen LogP contribution is 2.20. The van der Waals surface area contributed by atoms with E-state index in [1.807, 2.05) is 26.0 Å². The molecule has 4 rings (SSSR count). The van der Waals surface area contributed by atoms with E-state index in [4.69, 9.17) is 16.3 Å². The number of aromatic nitrogens is 2. The number of nitrogens with one attached hydrogen (secondary N) is 1. The molecule has 0 aliphatic carbocycles. The van der Waals surface area contributed by atoms with Crippen molar-refractivity contribution in [2.24, 2.45) is 5.10 Å². The van der Waals surface area contributed by atoms with E-state index in [0.29, 0.717) is 38.8 Å². The molecule has 0 aliphatic heterocycles. The van der Waals surface area contributed by atoms with Gasteiger partial charge in [0.25, 0.3) is 11.5 Å². The van der Waals surface area contributed by atoms with Gasteiger partial charge in [-0.3, -0.25) is 9.59 Å². The highest BCUT2D eigenvalue weighted by atomic mass is 79.9. The van der Waals surface area contributed by atoms with Gasteiger partial charge < -0.3 is 10.1 Å². The maximum atomic E-state index is 13.2. The minimum atomic E-state index is -0.318. The van der Waals surface area contributed by atoms with Gasteiger partial charge in [-0.05, 0) is 54.6 Å². The molecule has 0 atom stereocenters. The number of benzene rings is 3. The smallest absolute Gasteiger partial charge is 0.282 e. The molecular formula is C26H22BrClN4O3. The van der Waals surface area contributed by atoms with Crippen LogP contribution in [0.5, 0.6) is 5.75 Å². The van der Waals surface area contributed by atoms with Gasteiger partial charge in [-0.1, -0.05) is 53.5 Å². The molecule has 7 nitrogen and oxygen atoms in total. The van der Waals surface area contributed by atoms with E-state index < -0.39 is 0 Å². The van der Waals surface area contributed by atoms with Gasteiger partial charge >= 0.3 is 0 Å². The number of halogens is 2. The Morgan fingerprint density at radius 3 is 2.66 bits per heavy atom. The van der Waals surface area contributed by atoms with E-state index in [-0.39, 0.29) is 24.0 Å². The molecule has 1 amide bonds. The average Bonchev–Trinajstić information content (AvgIpc) is 2.84. The van der Waals surface area contributed by atoms with E-state index in [1.165, 1.54) is 10.9 Å². The van der Waals surface area contributed by atoms with Crippen molar-refractivity contribution in [1.29, 1.82) is 0 Å². The highest BCUT2D eigenvalue weighted by molar-refractivity contribution is 9.10. The standard InChI is InChI=1S/C26H22BrClN4O3/c1-16(2)25-31-22-12-7-18(27)13-21(22)26(34)32(25)29-14-17-5-3-4-6-23(17)35-15-24(33)30-20-10-8-19(28)9-11-20/h3-14,16H,15H2,1-2H3,(H,30,33). The van der Waals surface area contributed by atoms with Crippen LogP contribution in [0.2, 0.25) is 5.02 Å². The Kier molecular flexibility index (Phi) is 7.63. The van der Waals surface area contributed by atoms with Gasteiger partial charge in [-0.15, -0.1) is 0 Å². The number of ether oxygens (including phenoxy) is 1. The first-order valence-corrected chi connectivity index (χ1v) is 12.0. The number of fused-ring (bicyclic) bond motifs is 1. The number of carbonyl (C=O) groups is 1. The average molecular weight is 554 g/mol. The van der Waals surface area contributed by atoms with E-state index >= 15 is 0 Å². The molecule has 0 saturated heterocycles. The predicted molar refractivity (Wildman–Crippen MR) is 143 cm³/mol. The first-order valence-electron chi connectivity index (χ1n) is 10.9. The first kappa shape index (κ1) is 24.6. The summed E-state index contributed by atoms with van der Waals surface area (Å²) >= 11 is 9.28. The molecular weight excluding hydrogens is 532 g/mol. The van der Waals surface area contributed by atoms with E-state index in [9.17, 15) is 9.59 Å². The van der Waals surface area contributed by atoms with Crippen LogP contribution < -0.4 is 15.6 Å². The molecule has 1 aromatic heterocycles. The predicted octanol–water partition coefficient (Wildman–Crippen LogP) is 5.84. The summed E-state index contributed by atoms with van der Waals surface area (Å²) in [6, 6.07) is 19.3. The maximum Gasteiger partial charge on any atom is 0.282 e. The summed E-state index contributed by atoms with van der Waals surface area (Å²) in [5.74, 6) is 0.651. The topological polar surface area (TPSA) is 85.6 Å². The third-order valence-corrected chi connectivity index (χ3v) is 5.81. The summed E-state index contributed by atoms with van der Waals surface area (Å²) in [5.41, 5.74) is 1.58. The molecule has 0 aliphatic rings. The molecule has 0 spiro atoms. The Morgan fingerprint density at radius 2 is 1.91 bits per heavy atom. The molecule has 0 radical (unpaired) electrons. The monoisotopic (exact) mass is 552 g/mol. The zero-order valence-electron chi connectivity index (χ0n) is 19.0. The summed E-state index contributed by atoms with van der Waals surface area (Å²) in [5, 5.41) is 8.25. The zero-order chi connectivity index (χ0) is 24.9. The highest BCUT2D eigenvalue weighted by Gasteiger charge is 2.14. The lowest BCUT2D eigenvalue weighted by Gasteiger charge is -2.12. The lowest BCUT2D eigenvalue weighted by atomic mass is 10.2. The van der Waals surface area contributed by atoms with Crippen molar-refractivity contribution in [2.75, 3.05) is 11.9 Å². The van der Waals surface area contributed by atoms with Crippen LogP contribution in [-0.4, -0.2) is 28.4 Å². The summed E-state index contributed by atoms with van der Waals surface area (Å²) in [4.78, 5) is 30.2. The van der Waals surface area contributed by atoms with Crippen molar-refractivity contribution in [1.82, 2.24) is 9.66 Å². The second kappa shape index (κ2) is 10.8. The number of carbonyl (C=O) groups excluding carboxylic acids is 1. The Balaban J connectivity index is 1.58. The molecule has 0 unspecified atom stereocenters. The molecule has 9 heteroatoms. The van der Waals surface area contributed by atoms with Crippen LogP contribution >= 0.6 is 27.5 Å². The lowest BCUT2D eigenvalue weighted by molar-refractivity contribution is -0.118. The van der Waals surface area contributed by atoms with E-state index in [0.717, 1.165) is 4.47 Å². The Morgan fingerprint density at radius 1 is 1.17 bits per heavy atom. The second-order valence-corrected chi connectivity index (χ2v) is 9.38. The number of rotatable bonds is 7. The van der Waals surface area contributed by atoms with Crippen LogP contribution in [0.4, 0.5) is 5.69 Å². The molecule has 35 heavy (non-hydrogen) atoms. The van der Waals surface area contributed by atoms with Crippen LogP contribution in [0.1, 0.15) is 31.2 Å². The number of amides is 1. The zero-order valence-corrected chi connectivity index (χ0v) is 21.4. The minimum absolute atomic E-state index is 0.0315. The molecule has 1 N–H and O–H groups in total. The summed E-state index contributed by atoms with van der Waals surface area (Å²) in [6.07, 6.45) is 1.53. The largest absolute Gasteiger partial charge is 0.483 e. The van der Waals surface area contributed by atoms with Crippen molar-refractivity contribution in [3.63, 3.8) is 0 Å². The van der Waals surface area contributed by atoms with Crippen LogP contribution in [0.3, 0.4) is 0 Å². The van der Waals surface area contributed by atoms with Crippen molar-refractivity contribution < 1.29 is 9.53 Å². The van der Waals surface area contributed by atoms with Gasteiger partial charge in [0.15, 0.2) is 6.61 Å². The van der Waals surface area contributed by atoms with Gasteiger partial charge in [0.2, 0.25) is 0 Å². The Hall–Kier alpha value is -3.49. The van der Waals surface area contributed by atoms with Crippen molar-refractivity contribution in [3.05, 3.63) is 98.0 Å². The number of anilines is 1. The number of hydrogen-bond acceptors (Lipinski definition) is 5. The van der Waals surface area contributed by atoms with E-state index in [1.54, 1.807) is 54.6 Å². The molecule has 0 fully saturated rings. The van der Waals surface area contributed by atoms with Crippen LogP contribution in [0.25, 0.3) is 10.9 Å². The molecule has 3 aromatic carbocycles. The van der Waals surface area contributed by atoms with Crippen LogP contribution in [-0.2, 0) is 4.79 Å². The Bertz CT molecular complexity index is 1470. The fourth-order valence-electron chi connectivity index (χ4n) is 3.36. The molecule has 0 saturated carbocycles. The summed E-state index contributed by atoms with van der Waals surface area (Å²) in [7, 11) is 0. The maximum absolute atomic E-state index is 13.2. The Labute approximate surface area is 215 Å². The van der Waals surface area contributed by atoms with Gasteiger partial charge in [0.1, 0.15) is 11.6 Å². The second-order valence-electron chi connectivity index (χ2n) is 8.03. The fraction of sp³-hybridized carbons (Fsp3) is 0.154. The summed E-state index contributed by atoms with van der Waals surface area (Å²) in [6.45, 7) is 3.71. The number of para-hydroxylation sites is 1. The fourth-order valence-corrected chi connectivity index (χ4v) is 3.85. The lowest BCUT2D eigenvalue weighted by Crippen LogP contribution is -2.23.